The van der Waals surface area contributed by atoms with Crippen LogP contribution in [-0.4, -0.2) is 30.4 Å². The van der Waals surface area contributed by atoms with Crippen LogP contribution >= 0.6 is 23.2 Å². The highest BCUT2D eigenvalue weighted by Gasteiger charge is 2.63. The highest BCUT2D eigenvalue weighted by molar-refractivity contribution is 6.39. The summed E-state index contributed by atoms with van der Waals surface area (Å²) in [5.74, 6) is -1.10. The molecule has 0 aromatic heterocycles. The van der Waals surface area contributed by atoms with E-state index in [-0.39, 0.29) is 23.2 Å². The van der Waals surface area contributed by atoms with Gasteiger partial charge in [-0.2, -0.15) is 0 Å². The first-order chi connectivity index (χ1) is 13.9. The lowest BCUT2D eigenvalue weighted by Crippen LogP contribution is -2.71. The number of nitrogens with one attached hydrogen (secondary N) is 1. The third-order valence-electron chi connectivity index (χ3n) is 6.15. The van der Waals surface area contributed by atoms with Gasteiger partial charge >= 0.3 is 6.03 Å². The predicted molar refractivity (Wildman–Crippen MR) is 110 cm³/mol. The maximum Gasteiger partial charge on any atom is 0.335 e. The van der Waals surface area contributed by atoms with Crippen molar-refractivity contribution in [1.29, 1.82) is 0 Å². The number of rotatable bonds is 1. The van der Waals surface area contributed by atoms with Crippen LogP contribution in [0.3, 0.4) is 0 Å². The van der Waals surface area contributed by atoms with Crippen molar-refractivity contribution in [3.8, 4) is 0 Å². The zero-order chi connectivity index (χ0) is 20.3. The first-order valence-corrected chi connectivity index (χ1v) is 10.2. The molecule has 2 aromatic rings. The number of hydrogen-bond donors (Lipinski definition) is 1. The molecule has 148 valence electrons. The highest BCUT2D eigenvalue weighted by atomic mass is 35.5. The summed E-state index contributed by atoms with van der Waals surface area (Å²) in [6.45, 7) is 0.760. The molecule has 0 radical (unpaired) electrons. The average Bonchev–Trinajstić information content (AvgIpc) is 3.19. The Hall–Kier alpha value is -2.57. The van der Waals surface area contributed by atoms with E-state index in [0.717, 1.165) is 29.1 Å². The van der Waals surface area contributed by atoms with Gasteiger partial charge in [-0.15, -0.1) is 0 Å². The summed E-state index contributed by atoms with van der Waals surface area (Å²) >= 11 is 12.4. The van der Waals surface area contributed by atoms with Crippen LogP contribution in [0.1, 0.15) is 18.4 Å². The number of imide groups is 2. The van der Waals surface area contributed by atoms with Crippen molar-refractivity contribution < 1.29 is 14.4 Å². The topological polar surface area (TPSA) is 69.7 Å². The van der Waals surface area contributed by atoms with Gasteiger partial charge in [0.15, 0.2) is 5.41 Å². The largest absolute Gasteiger partial charge is 0.367 e. The summed E-state index contributed by atoms with van der Waals surface area (Å²) in [6, 6.07) is 11.2. The van der Waals surface area contributed by atoms with Gasteiger partial charge < -0.3 is 4.90 Å². The van der Waals surface area contributed by atoms with Crippen LogP contribution in [0, 0.1) is 5.41 Å². The van der Waals surface area contributed by atoms with Crippen LogP contribution in [0.4, 0.5) is 16.2 Å². The Morgan fingerprint density at radius 1 is 1.03 bits per heavy atom. The van der Waals surface area contributed by atoms with Gasteiger partial charge in [0.05, 0.1) is 16.8 Å². The molecule has 0 bridgehead atoms. The van der Waals surface area contributed by atoms with E-state index in [2.05, 4.69) is 10.2 Å². The first kappa shape index (κ1) is 18.5. The SMILES string of the molecule is O=C1NC(=O)[C@]2(Cc3ccccc3N3CCC[C@@H]32)C(=O)N1c1cc(Cl)ccc1Cl. The number of anilines is 2. The van der Waals surface area contributed by atoms with E-state index in [0.29, 0.717) is 11.4 Å². The summed E-state index contributed by atoms with van der Waals surface area (Å²) in [7, 11) is 0. The lowest BCUT2D eigenvalue weighted by atomic mass is 9.68. The summed E-state index contributed by atoms with van der Waals surface area (Å²) in [6.07, 6.45) is 1.79. The van der Waals surface area contributed by atoms with Crippen molar-refractivity contribution in [1.82, 2.24) is 5.32 Å². The van der Waals surface area contributed by atoms with E-state index >= 15 is 0 Å². The number of barbiturate groups is 1. The minimum absolute atomic E-state index is 0.178. The molecule has 4 amide bonds. The van der Waals surface area contributed by atoms with Crippen molar-refractivity contribution in [3.63, 3.8) is 0 Å². The van der Waals surface area contributed by atoms with Gasteiger partial charge in [0, 0.05) is 17.3 Å². The van der Waals surface area contributed by atoms with Gasteiger partial charge in [0.2, 0.25) is 5.91 Å². The van der Waals surface area contributed by atoms with Gasteiger partial charge in [-0.1, -0.05) is 41.4 Å². The Balaban J connectivity index is 1.68. The molecule has 2 aromatic carbocycles. The third kappa shape index (κ3) is 2.52. The molecule has 3 aliphatic heterocycles. The normalized spacial score (nSPS) is 25.9. The number of hydrogen-bond acceptors (Lipinski definition) is 4. The number of nitrogens with zero attached hydrogens (tertiary/aromatic N) is 2. The molecule has 6 nitrogen and oxygen atoms in total. The molecule has 5 rings (SSSR count). The third-order valence-corrected chi connectivity index (χ3v) is 6.71. The van der Waals surface area contributed by atoms with E-state index < -0.39 is 23.3 Å². The number of amides is 4. The molecule has 3 heterocycles. The maximum absolute atomic E-state index is 13.9. The Labute approximate surface area is 177 Å². The smallest absolute Gasteiger partial charge is 0.335 e. The molecule has 29 heavy (non-hydrogen) atoms. The second-order valence-electron chi connectivity index (χ2n) is 7.62. The zero-order valence-electron chi connectivity index (χ0n) is 15.3. The summed E-state index contributed by atoms with van der Waals surface area (Å²) < 4.78 is 0. The van der Waals surface area contributed by atoms with E-state index in [9.17, 15) is 14.4 Å². The van der Waals surface area contributed by atoms with E-state index in [1.807, 2.05) is 24.3 Å². The van der Waals surface area contributed by atoms with E-state index in [1.54, 1.807) is 6.07 Å². The minimum atomic E-state index is -1.40. The monoisotopic (exact) mass is 429 g/mol. The maximum atomic E-state index is 13.9. The minimum Gasteiger partial charge on any atom is -0.367 e. The van der Waals surface area contributed by atoms with Gasteiger partial charge in [0.25, 0.3) is 5.91 Å². The Morgan fingerprint density at radius 2 is 1.83 bits per heavy atom. The standard InChI is InChI=1S/C21H17Cl2N3O3/c22-13-7-8-14(23)16(10-13)26-19(28)21(18(27)24-20(26)29)11-12-4-1-2-5-15(12)25-9-3-6-17(21)25/h1-2,4-5,7-8,10,17H,3,6,9,11H2,(H,24,27,29)/t17-,21-/m1/s1. The molecule has 0 aliphatic carbocycles. The van der Waals surface area contributed by atoms with Crippen LogP contribution in [0.15, 0.2) is 42.5 Å². The molecule has 3 aliphatic rings. The number of halogens is 2. The first-order valence-electron chi connectivity index (χ1n) is 9.43. The average molecular weight is 430 g/mol. The van der Waals surface area contributed by atoms with Crippen molar-refractivity contribution in [2.75, 3.05) is 16.3 Å². The van der Waals surface area contributed by atoms with Gasteiger partial charge in [-0.25, -0.2) is 9.69 Å². The fourth-order valence-corrected chi connectivity index (χ4v) is 5.27. The lowest BCUT2D eigenvalue weighted by molar-refractivity contribution is -0.144. The number of carbonyl (C=O) groups excluding carboxylic acids is 3. The second kappa shape index (κ2) is 6.47. The van der Waals surface area contributed by atoms with Crippen LogP contribution in [-0.2, 0) is 16.0 Å². The molecule has 1 spiro atoms. The molecule has 2 atom stereocenters. The van der Waals surface area contributed by atoms with Crippen LogP contribution in [0.2, 0.25) is 10.0 Å². The Kier molecular flexibility index (Phi) is 4.12. The van der Waals surface area contributed by atoms with Crippen molar-refractivity contribution >= 4 is 52.4 Å². The fourth-order valence-electron chi connectivity index (χ4n) is 4.91. The number of para-hydroxylation sites is 1. The second-order valence-corrected chi connectivity index (χ2v) is 8.47. The molecule has 2 fully saturated rings. The predicted octanol–water partition coefficient (Wildman–Crippen LogP) is 3.79. The molecular formula is C21H17Cl2N3O3. The molecule has 0 saturated carbocycles. The van der Waals surface area contributed by atoms with Gasteiger partial charge in [0.1, 0.15) is 0 Å². The fraction of sp³-hybridized carbons (Fsp3) is 0.286. The van der Waals surface area contributed by atoms with Crippen molar-refractivity contribution in [2.24, 2.45) is 5.41 Å². The lowest BCUT2D eigenvalue weighted by Gasteiger charge is -2.49. The van der Waals surface area contributed by atoms with E-state index in [4.69, 9.17) is 23.2 Å². The van der Waals surface area contributed by atoms with E-state index in [1.165, 1.54) is 12.1 Å². The van der Waals surface area contributed by atoms with Crippen LogP contribution < -0.4 is 15.1 Å². The van der Waals surface area contributed by atoms with Crippen LogP contribution in [0.5, 0.6) is 0 Å². The number of benzene rings is 2. The zero-order valence-corrected chi connectivity index (χ0v) is 16.8. The number of fused-ring (bicyclic) bond motifs is 4. The number of urea groups is 1. The number of carbonyl (C=O) groups is 3. The van der Waals surface area contributed by atoms with Gasteiger partial charge in [-0.05, 0) is 49.1 Å². The molecule has 2 saturated heterocycles. The Bertz CT molecular complexity index is 1070. The summed E-state index contributed by atoms with van der Waals surface area (Å²) in [5.41, 5.74) is 0.743. The quantitative estimate of drug-likeness (QED) is 0.700. The van der Waals surface area contributed by atoms with Gasteiger partial charge in [-0.3, -0.25) is 14.9 Å². The molecular weight excluding hydrogens is 413 g/mol. The molecule has 1 N–H and O–H groups in total. The summed E-state index contributed by atoms with van der Waals surface area (Å²) in [5, 5.41) is 2.96. The van der Waals surface area contributed by atoms with Crippen molar-refractivity contribution in [2.45, 2.75) is 25.3 Å². The Morgan fingerprint density at radius 3 is 2.66 bits per heavy atom. The van der Waals surface area contributed by atoms with Crippen LogP contribution in [0.25, 0.3) is 0 Å². The summed E-state index contributed by atoms with van der Waals surface area (Å²) in [4.78, 5) is 42.9. The molecule has 8 heteroatoms. The highest BCUT2D eigenvalue weighted by Crippen LogP contribution is 2.49. The van der Waals surface area contributed by atoms with Crippen molar-refractivity contribution in [3.05, 3.63) is 58.1 Å². The molecule has 0 unspecified atom stereocenters.